The van der Waals surface area contributed by atoms with Gasteiger partial charge in [-0.05, 0) is 41.1 Å². The predicted octanol–water partition coefficient (Wildman–Crippen LogP) is 3.11. The summed E-state index contributed by atoms with van der Waals surface area (Å²) in [5.74, 6) is 0. The minimum absolute atomic E-state index is 0.0288. The Balaban J connectivity index is 2.61. The highest BCUT2D eigenvalue weighted by Crippen LogP contribution is 2.23. The monoisotopic (exact) mass is 319 g/mol. The fourth-order valence-electron chi connectivity index (χ4n) is 1.21. The smallest absolute Gasteiger partial charge is 0.0501 e. The van der Waals surface area contributed by atoms with E-state index in [-0.39, 0.29) is 12.0 Å². The molecule has 2 nitrogen and oxygen atoms in total. The summed E-state index contributed by atoms with van der Waals surface area (Å²) in [4.78, 5) is 0. The zero-order chi connectivity index (χ0) is 11.3. The van der Waals surface area contributed by atoms with E-state index in [0.717, 1.165) is 18.7 Å². The van der Waals surface area contributed by atoms with Gasteiger partial charge in [-0.2, -0.15) is 0 Å². The number of anilines is 1. The molecule has 15 heavy (non-hydrogen) atoms. The molecule has 0 aliphatic carbocycles. The average Bonchev–Trinajstić information content (AvgIpc) is 2.28. The molecule has 0 saturated heterocycles. The second kappa shape index (κ2) is 5.70. The molecule has 2 N–H and O–H groups in total. The number of aliphatic hydroxyl groups is 1. The van der Waals surface area contributed by atoms with E-state index in [2.05, 4.69) is 53.9 Å². The maximum absolute atomic E-state index is 9.29. The van der Waals surface area contributed by atoms with Crippen molar-refractivity contribution in [1.29, 1.82) is 0 Å². The summed E-state index contributed by atoms with van der Waals surface area (Å²) in [7, 11) is 0. The van der Waals surface area contributed by atoms with Crippen molar-refractivity contribution >= 4 is 28.3 Å². The van der Waals surface area contributed by atoms with Gasteiger partial charge in [-0.25, -0.2) is 0 Å². The molecule has 1 aromatic carbocycles. The number of hydrogen-bond acceptors (Lipinski definition) is 2. The van der Waals surface area contributed by atoms with Crippen LogP contribution in [-0.4, -0.2) is 18.3 Å². The van der Waals surface area contributed by atoms with Gasteiger partial charge in [0.15, 0.2) is 0 Å². The summed E-state index contributed by atoms with van der Waals surface area (Å²) < 4.78 is 1.21. The van der Waals surface area contributed by atoms with E-state index < -0.39 is 0 Å². The van der Waals surface area contributed by atoms with Crippen LogP contribution in [0.5, 0.6) is 0 Å². The van der Waals surface area contributed by atoms with Gasteiger partial charge >= 0.3 is 0 Å². The van der Waals surface area contributed by atoms with Gasteiger partial charge in [-0.3, -0.25) is 0 Å². The highest BCUT2D eigenvalue weighted by Gasteiger charge is 2.20. The molecule has 0 aromatic heterocycles. The first kappa shape index (κ1) is 12.8. The minimum atomic E-state index is -0.0288. The van der Waals surface area contributed by atoms with Crippen molar-refractivity contribution in [1.82, 2.24) is 0 Å². The fourth-order valence-corrected chi connectivity index (χ4v) is 1.78. The lowest BCUT2D eigenvalue weighted by molar-refractivity contribution is 0.149. The number of aliphatic hydroxyl groups excluding tert-OH is 1. The largest absolute Gasteiger partial charge is 0.396 e. The van der Waals surface area contributed by atoms with E-state index in [9.17, 15) is 5.11 Å². The Kier molecular flexibility index (Phi) is 4.86. The molecule has 1 unspecified atom stereocenters. The van der Waals surface area contributed by atoms with Gasteiger partial charge in [0.1, 0.15) is 0 Å². The van der Waals surface area contributed by atoms with Crippen LogP contribution in [0.2, 0.25) is 0 Å². The Morgan fingerprint density at radius 2 is 2.07 bits per heavy atom. The van der Waals surface area contributed by atoms with Gasteiger partial charge in [0, 0.05) is 21.2 Å². The fraction of sp³-hybridized carbons (Fsp3) is 0.500. The van der Waals surface area contributed by atoms with Crippen LogP contribution >= 0.6 is 22.6 Å². The van der Waals surface area contributed by atoms with E-state index in [4.69, 9.17) is 0 Å². The maximum atomic E-state index is 9.29. The average molecular weight is 319 g/mol. The summed E-state index contributed by atoms with van der Waals surface area (Å²) in [6, 6.07) is 8.19. The molecule has 0 aliphatic rings. The van der Waals surface area contributed by atoms with Crippen molar-refractivity contribution in [2.24, 2.45) is 5.41 Å². The highest BCUT2D eigenvalue weighted by atomic mass is 127. The van der Waals surface area contributed by atoms with Crippen molar-refractivity contribution in [3.8, 4) is 0 Å². The molecule has 0 bridgehead atoms. The third-order valence-corrected chi connectivity index (χ3v) is 3.76. The van der Waals surface area contributed by atoms with Crippen LogP contribution in [0.1, 0.15) is 20.3 Å². The van der Waals surface area contributed by atoms with Crippen molar-refractivity contribution < 1.29 is 5.11 Å². The van der Waals surface area contributed by atoms with Crippen molar-refractivity contribution in [2.75, 3.05) is 18.5 Å². The standard InChI is InChI=1S/C12H18INO/c1-3-12(2,9-15)8-14-11-7-5-4-6-10(11)13/h4-7,14-15H,3,8-9H2,1-2H3. The van der Waals surface area contributed by atoms with E-state index in [1.807, 2.05) is 12.1 Å². The van der Waals surface area contributed by atoms with Crippen molar-refractivity contribution in [3.05, 3.63) is 27.8 Å². The maximum Gasteiger partial charge on any atom is 0.0501 e. The summed E-state index contributed by atoms with van der Waals surface area (Å²) in [6.45, 7) is 5.23. The summed E-state index contributed by atoms with van der Waals surface area (Å²) in [6.07, 6.45) is 0.972. The lowest BCUT2D eigenvalue weighted by Crippen LogP contribution is -2.29. The number of benzene rings is 1. The Bertz CT molecular complexity index is 310. The topological polar surface area (TPSA) is 32.3 Å². The lowest BCUT2D eigenvalue weighted by atomic mass is 9.88. The highest BCUT2D eigenvalue weighted by molar-refractivity contribution is 14.1. The molecule has 0 amide bonds. The predicted molar refractivity (Wildman–Crippen MR) is 73.1 cm³/mol. The van der Waals surface area contributed by atoms with Gasteiger partial charge < -0.3 is 10.4 Å². The third kappa shape index (κ3) is 3.65. The van der Waals surface area contributed by atoms with E-state index in [1.165, 1.54) is 3.57 Å². The van der Waals surface area contributed by atoms with Crippen LogP contribution < -0.4 is 5.32 Å². The number of nitrogens with one attached hydrogen (secondary N) is 1. The minimum Gasteiger partial charge on any atom is -0.396 e. The lowest BCUT2D eigenvalue weighted by Gasteiger charge is -2.26. The van der Waals surface area contributed by atoms with E-state index >= 15 is 0 Å². The molecular weight excluding hydrogens is 301 g/mol. The SMILES string of the molecule is CCC(C)(CO)CNc1ccccc1I. The van der Waals surface area contributed by atoms with Crippen LogP contribution in [0.25, 0.3) is 0 Å². The zero-order valence-electron chi connectivity index (χ0n) is 9.26. The second-order valence-corrected chi connectivity index (χ2v) is 5.32. The van der Waals surface area contributed by atoms with Gasteiger partial charge in [0.05, 0.1) is 6.61 Å². The second-order valence-electron chi connectivity index (χ2n) is 4.16. The van der Waals surface area contributed by atoms with Crippen LogP contribution in [0, 0.1) is 8.99 Å². The molecular formula is C12H18INO. The van der Waals surface area contributed by atoms with Crippen molar-refractivity contribution in [3.63, 3.8) is 0 Å². The molecule has 0 spiro atoms. The Morgan fingerprint density at radius 3 is 2.60 bits per heavy atom. The molecule has 0 heterocycles. The first-order valence-corrected chi connectivity index (χ1v) is 6.28. The normalized spacial score (nSPS) is 14.7. The van der Waals surface area contributed by atoms with Crippen LogP contribution in [0.15, 0.2) is 24.3 Å². The van der Waals surface area contributed by atoms with Crippen LogP contribution in [0.3, 0.4) is 0 Å². The zero-order valence-corrected chi connectivity index (χ0v) is 11.4. The summed E-state index contributed by atoms with van der Waals surface area (Å²) in [5, 5.41) is 12.7. The van der Waals surface area contributed by atoms with Crippen LogP contribution in [0.4, 0.5) is 5.69 Å². The molecule has 0 radical (unpaired) electrons. The van der Waals surface area contributed by atoms with E-state index in [1.54, 1.807) is 0 Å². The molecule has 0 saturated carbocycles. The number of hydrogen-bond donors (Lipinski definition) is 2. The van der Waals surface area contributed by atoms with Gasteiger partial charge in [-0.15, -0.1) is 0 Å². The first-order valence-electron chi connectivity index (χ1n) is 5.20. The molecule has 1 atom stereocenters. The van der Waals surface area contributed by atoms with E-state index in [0.29, 0.717) is 0 Å². The molecule has 3 heteroatoms. The summed E-state index contributed by atoms with van der Waals surface area (Å²) in [5.41, 5.74) is 1.12. The number of rotatable bonds is 5. The van der Waals surface area contributed by atoms with Gasteiger partial charge in [0.2, 0.25) is 0 Å². The number of para-hydroxylation sites is 1. The molecule has 1 rings (SSSR count). The summed E-state index contributed by atoms with van der Waals surface area (Å²) >= 11 is 2.31. The quantitative estimate of drug-likeness (QED) is 0.818. The van der Waals surface area contributed by atoms with Crippen molar-refractivity contribution in [2.45, 2.75) is 20.3 Å². The third-order valence-electron chi connectivity index (χ3n) is 2.81. The Hall–Kier alpha value is -0.290. The van der Waals surface area contributed by atoms with Gasteiger partial charge in [0.25, 0.3) is 0 Å². The van der Waals surface area contributed by atoms with Gasteiger partial charge in [-0.1, -0.05) is 26.0 Å². The molecule has 1 aromatic rings. The van der Waals surface area contributed by atoms with Crippen LogP contribution in [-0.2, 0) is 0 Å². The molecule has 84 valence electrons. The molecule has 0 fully saturated rings. The molecule has 0 aliphatic heterocycles. The Labute approximate surface area is 105 Å². The Morgan fingerprint density at radius 1 is 1.40 bits per heavy atom. The first-order chi connectivity index (χ1) is 7.11. The number of halogens is 1.